The molecule has 2 N–H and O–H groups in total. The lowest BCUT2D eigenvalue weighted by Crippen LogP contribution is -2.26. The minimum absolute atomic E-state index is 0.00695. The van der Waals surface area contributed by atoms with E-state index in [1.165, 1.54) is 5.56 Å². The fourth-order valence-electron chi connectivity index (χ4n) is 2.79. The Morgan fingerprint density at radius 3 is 2.95 bits per heavy atom. The zero-order chi connectivity index (χ0) is 14.1. The van der Waals surface area contributed by atoms with Crippen molar-refractivity contribution in [2.24, 2.45) is 11.7 Å². The Morgan fingerprint density at radius 1 is 1.35 bits per heavy atom. The van der Waals surface area contributed by atoms with Gasteiger partial charge in [-0.3, -0.25) is 0 Å². The molecule has 0 saturated heterocycles. The van der Waals surface area contributed by atoms with E-state index < -0.39 is 0 Å². The van der Waals surface area contributed by atoms with Crippen molar-refractivity contribution in [3.63, 3.8) is 0 Å². The number of nitrogens with two attached hydrogens (primary N) is 1. The fourth-order valence-corrected chi connectivity index (χ4v) is 2.79. The van der Waals surface area contributed by atoms with Crippen LogP contribution in [0.5, 0.6) is 5.75 Å². The number of hydrogen-bond donors (Lipinski definition) is 1. The summed E-state index contributed by atoms with van der Waals surface area (Å²) >= 11 is 0. The third kappa shape index (κ3) is 2.20. The highest BCUT2D eigenvalue weighted by molar-refractivity contribution is 5.38. The number of hydrogen-bond acceptors (Lipinski definition) is 3. The van der Waals surface area contributed by atoms with Crippen molar-refractivity contribution < 1.29 is 4.74 Å². The van der Waals surface area contributed by atoms with E-state index in [2.05, 4.69) is 35.5 Å². The van der Waals surface area contributed by atoms with Gasteiger partial charge in [-0.15, -0.1) is 0 Å². The molecule has 0 fully saturated rings. The first-order valence-corrected chi connectivity index (χ1v) is 7.17. The quantitative estimate of drug-likeness (QED) is 0.934. The number of fused-ring (bicyclic) bond motifs is 1. The highest BCUT2D eigenvalue weighted by Crippen LogP contribution is 2.36. The summed E-state index contributed by atoms with van der Waals surface area (Å²) in [7, 11) is 0. The molecule has 0 bridgehead atoms. The maximum Gasteiger partial charge on any atom is 0.124 e. The number of nitrogens with zero attached hydrogens (tertiary/aromatic N) is 2. The monoisotopic (exact) mass is 271 g/mol. The molecular weight excluding hydrogens is 250 g/mol. The largest absolute Gasteiger partial charge is 0.493 e. The predicted octanol–water partition coefficient (Wildman–Crippen LogP) is 2.91. The molecule has 4 heteroatoms. The van der Waals surface area contributed by atoms with Gasteiger partial charge in [0.15, 0.2) is 0 Å². The third-order valence-corrected chi connectivity index (χ3v) is 4.02. The summed E-state index contributed by atoms with van der Waals surface area (Å²) in [6, 6.07) is 8.49. The van der Waals surface area contributed by atoms with Gasteiger partial charge in [0.2, 0.25) is 0 Å². The zero-order valence-corrected chi connectivity index (χ0v) is 12.0. The van der Waals surface area contributed by atoms with E-state index in [-0.39, 0.29) is 12.1 Å². The smallest absolute Gasteiger partial charge is 0.124 e. The average molecular weight is 271 g/mol. The van der Waals surface area contributed by atoms with E-state index in [9.17, 15) is 0 Å². The van der Waals surface area contributed by atoms with Crippen LogP contribution in [0.25, 0.3) is 0 Å². The lowest BCUT2D eigenvalue weighted by Gasteiger charge is -2.29. The first-order valence-electron chi connectivity index (χ1n) is 7.17. The Balaban J connectivity index is 2.01. The van der Waals surface area contributed by atoms with E-state index in [0.29, 0.717) is 5.92 Å². The maximum absolute atomic E-state index is 6.32. The van der Waals surface area contributed by atoms with Crippen molar-refractivity contribution >= 4 is 0 Å². The molecule has 1 aliphatic heterocycles. The molecule has 3 rings (SSSR count). The second kappa shape index (κ2) is 5.29. The number of imidazole rings is 1. The molecule has 0 spiro atoms. The van der Waals surface area contributed by atoms with Crippen LogP contribution in [0.1, 0.15) is 43.6 Å². The van der Waals surface area contributed by atoms with Crippen molar-refractivity contribution in [2.75, 3.05) is 6.61 Å². The van der Waals surface area contributed by atoms with E-state index in [1.807, 2.05) is 24.7 Å². The molecule has 1 aromatic carbocycles. The van der Waals surface area contributed by atoms with Crippen LogP contribution in [0.4, 0.5) is 0 Å². The van der Waals surface area contributed by atoms with E-state index in [1.54, 1.807) is 0 Å². The normalized spacial score (nSPS) is 19.5. The highest BCUT2D eigenvalue weighted by Gasteiger charge is 2.26. The van der Waals surface area contributed by atoms with Gasteiger partial charge >= 0.3 is 0 Å². The van der Waals surface area contributed by atoms with Crippen molar-refractivity contribution in [1.29, 1.82) is 0 Å². The van der Waals surface area contributed by atoms with Crippen molar-refractivity contribution in [3.8, 4) is 5.75 Å². The summed E-state index contributed by atoms with van der Waals surface area (Å²) in [6.07, 6.45) is 4.73. The molecule has 2 aromatic rings. The second-order valence-corrected chi connectivity index (χ2v) is 5.69. The van der Waals surface area contributed by atoms with E-state index in [4.69, 9.17) is 10.5 Å². The van der Waals surface area contributed by atoms with Crippen LogP contribution in [0, 0.1) is 5.92 Å². The lowest BCUT2D eigenvalue weighted by atomic mass is 9.98. The van der Waals surface area contributed by atoms with Gasteiger partial charge in [-0.05, 0) is 12.0 Å². The number of para-hydroxylation sites is 1. The van der Waals surface area contributed by atoms with Crippen molar-refractivity contribution in [2.45, 2.75) is 32.4 Å². The standard InChI is InChI=1S/C16H21N3O/c1-11(2)16(17)14-9-18-10-19(14)13-7-8-20-15-6-4-3-5-12(13)15/h3-6,9-11,13,16H,7-8,17H2,1-2H3. The molecule has 2 heterocycles. The molecule has 20 heavy (non-hydrogen) atoms. The Hall–Kier alpha value is -1.81. The Labute approximate surface area is 119 Å². The van der Waals surface area contributed by atoms with E-state index in [0.717, 1.165) is 24.5 Å². The minimum atomic E-state index is 0.00695. The van der Waals surface area contributed by atoms with Crippen LogP contribution >= 0.6 is 0 Å². The molecule has 4 nitrogen and oxygen atoms in total. The summed E-state index contributed by atoms with van der Waals surface area (Å²) in [5, 5.41) is 0. The summed E-state index contributed by atoms with van der Waals surface area (Å²) in [5.74, 6) is 1.36. The van der Waals surface area contributed by atoms with Gasteiger partial charge in [-0.1, -0.05) is 32.0 Å². The van der Waals surface area contributed by atoms with Crippen LogP contribution in [-0.2, 0) is 0 Å². The van der Waals surface area contributed by atoms with Gasteiger partial charge in [0.05, 0.1) is 24.7 Å². The molecular formula is C16H21N3O. The van der Waals surface area contributed by atoms with Gasteiger partial charge < -0.3 is 15.0 Å². The summed E-state index contributed by atoms with van der Waals surface area (Å²) in [4.78, 5) is 4.32. The van der Waals surface area contributed by atoms with Gasteiger partial charge in [0.25, 0.3) is 0 Å². The summed E-state index contributed by atoms with van der Waals surface area (Å²) < 4.78 is 7.95. The third-order valence-electron chi connectivity index (χ3n) is 4.02. The molecule has 0 saturated carbocycles. The molecule has 1 aliphatic rings. The van der Waals surface area contributed by atoms with Crippen molar-refractivity contribution in [1.82, 2.24) is 9.55 Å². The molecule has 2 atom stereocenters. The average Bonchev–Trinajstić information content (AvgIpc) is 2.94. The number of benzene rings is 1. The van der Waals surface area contributed by atoms with Crippen LogP contribution in [0.15, 0.2) is 36.8 Å². The first kappa shape index (κ1) is 13.2. The maximum atomic E-state index is 6.32. The Kier molecular flexibility index (Phi) is 3.49. The number of aromatic nitrogens is 2. The molecule has 106 valence electrons. The molecule has 1 aromatic heterocycles. The molecule has 0 aliphatic carbocycles. The molecule has 0 radical (unpaired) electrons. The number of rotatable bonds is 3. The van der Waals surface area contributed by atoms with E-state index >= 15 is 0 Å². The number of ether oxygens (including phenoxy) is 1. The topological polar surface area (TPSA) is 53.1 Å². The van der Waals surface area contributed by atoms with Crippen LogP contribution in [0.3, 0.4) is 0 Å². The molecule has 0 amide bonds. The van der Waals surface area contributed by atoms with Crippen LogP contribution in [-0.4, -0.2) is 16.2 Å². The van der Waals surface area contributed by atoms with Gasteiger partial charge in [-0.2, -0.15) is 0 Å². The summed E-state index contributed by atoms with van der Waals surface area (Å²) in [6.45, 7) is 5.01. The Morgan fingerprint density at radius 2 is 2.15 bits per heavy atom. The highest BCUT2D eigenvalue weighted by atomic mass is 16.5. The van der Waals surface area contributed by atoms with Crippen LogP contribution < -0.4 is 10.5 Å². The second-order valence-electron chi connectivity index (χ2n) is 5.69. The fraction of sp³-hybridized carbons (Fsp3) is 0.438. The Bertz CT molecular complexity index is 591. The van der Waals surface area contributed by atoms with Crippen molar-refractivity contribution in [3.05, 3.63) is 48.0 Å². The van der Waals surface area contributed by atoms with Gasteiger partial charge in [-0.25, -0.2) is 4.98 Å². The molecule has 2 unspecified atom stereocenters. The first-order chi connectivity index (χ1) is 9.68. The van der Waals surface area contributed by atoms with Gasteiger partial charge in [0, 0.05) is 24.2 Å². The minimum Gasteiger partial charge on any atom is -0.493 e. The van der Waals surface area contributed by atoms with Gasteiger partial charge in [0.1, 0.15) is 5.75 Å². The lowest BCUT2D eigenvalue weighted by molar-refractivity contribution is 0.253. The summed E-state index contributed by atoms with van der Waals surface area (Å²) in [5.41, 5.74) is 8.63. The zero-order valence-electron chi connectivity index (χ0n) is 12.0. The predicted molar refractivity (Wildman–Crippen MR) is 78.7 cm³/mol. The van der Waals surface area contributed by atoms with Crippen LogP contribution in [0.2, 0.25) is 0 Å². The SMILES string of the molecule is CC(C)C(N)c1cncn1C1CCOc2ccccc21.